The number of anilines is 1. The Labute approximate surface area is 310 Å². The van der Waals surface area contributed by atoms with Crippen LogP contribution in [0.3, 0.4) is 0 Å². The van der Waals surface area contributed by atoms with Crippen LogP contribution in [0.25, 0.3) is 22.2 Å². The number of para-hydroxylation sites is 1. The molecule has 0 spiro atoms. The van der Waals surface area contributed by atoms with Crippen molar-refractivity contribution in [1.82, 2.24) is 9.47 Å². The van der Waals surface area contributed by atoms with Crippen molar-refractivity contribution in [2.24, 2.45) is 0 Å². The van der Waals surface area contributed by atoms with Gasteiger partial charge in [0.1, 0.15) is 5.52 Å². The van der Waals surface area contributed by atoms with Crippen molar-refractivity contribution in [3.8, 4) is 11.1 Å². The Morgan fingerprint density at radius 2 is 1.31 bits per heavy atom. The molecule has 0 aliphatic carbocycles. The highest BCUT2D eigenvalue weighted by molar-refractivity contribution is 5.94. The summed E-state index contributed by atoms with van der Waals surface area (Å²) in [5.74, 6) is -0.790. The Morgan fingerprint density at radius 3 is 2.00 bits per heavy atom. The number of aromatic nitrogens is 1. The number of hydrogen-bond acceptors (Lipinski definition) is 5. The summed E-state index contributed by atoms with van der Waals surface area (Å²) >= 11 is 0. The van der Waals surface area contributed by atoms with E-state index in [1.165, 1.54) is 21.3 Å². The van der Waals surface area contributed by atoms with Gasteiger partial charge in [-0.05, 0) is 86.3 Å². The van der Waals surface area contributed by atoms with Crippen LogP contribution in [0.1, 0.15) is 81.5 Å². The molecule has 0 amide bonds. The Bertz CT molecular complexity index is 1880. The van der Waals surface area contributed by atoms with Crippen LogP contribution in [0.4, 0.5) is 5.69 Å². The molecule has 272 valence electrons. The van der Waals surface area contributed by atoms with Gasteiger partial charge in [0.25, 0.3) is 0 Å². The molecule has 3 aromatic carbocycles. The predicted octanol–water partition coefficient (Wildman–Crippen LogP) is 10.9. The van der Waals surface area contributed by atoms with Crippen LogP contribution < -0.4 is 10.7 Å². The van der Waals surface area contributed by atoms with Crippen LogP contribution in [0, 0.1) is 0 Å². The molecule has 0 saturated carbocycles. The van der Waals surface area contributed by atoms with Gasteiger partial charge >= 0.3 is 5.76 Å². The third kappa shape index (κ3) is 11.8. The van der Waals surface area contributed by atoms with E-state index in [4.69, 9.17) is 4.42 Å². The highest BCUT2D eigenvalue weighted by Crippen LogP contribution is 2.28. The molecular weight excluding hydrogens is 643 g/mol. The van der Waals surface area contributed by atoms with Gasteiger partial charge < -0.3 is 9.32 Å². The van der Waals surface area contributed by atoms with Gasteiger partial charge in [0.2, 0.25) is 5.91 Å². The molecule has 0 radical (unpaired) electrons. The Balaban J connectivity index is 1.01. The molecule has 5 rings (SSSR count). The summed E-state index contributed by atoms with van der Waals surface area (Å²) in [6.07, 6.45) is 31.1. The minimum absolute atomic E-state index is 0.196. The number of rotatable bonds is 19. The summed E-state index contributed by atoms with van der Waals surface area (Å²) in [6, 6.07) is 25.0. The van der Waals surface area contributed by atoms with Gasteiger partial charge in [0.05, 0.1) is 5.69 Å². The molecule has 52 heavy (non-hydrogen) atoms. The fraction of sp³-hybridized carbons (Fsp3) is 0.348. The van der Waals surface area contributed by atoms with Crippen molar-refractivity contribution in [3.63, 3.8) is 0 Å². The summed E-state index contributed by atoms with van der Waals surface area (Å²) in [4.78, 5) is 30.9. The molecule has 1 fully saturated rings. The van der Waals surface area contributed by atoms with E-state index in [2.05, 4.69) is 126 Å². The van der Waals surface area contributed by atoms with Crippen LogP contribution in [0.2, 0.25) is 0 Å². The van der Waals surface area contributed by atoms with Crippen LogP contribution in [0.5, 0.6) is 0 Å². The van der Waals surface area contributed by atoms with Crippen LogP contribution in [-0.4, -0.2) is 41.6 Å². The third-order valence-corrected chi connectivity index (χ3v) is 9.41. The number of allylic oxidation sites excluding steroid dienone is 10. The monoisotopic (exact) mass is 697 g/mol. The van der Waals surface area contributed by atoms with Gasteiger partial charge in [0, 0.05) is 39.1 Å². The SMILES string of the molecule is CCC=CCC=CCC=CCC=CCC=CCCCCCC(=O)n1c(=O)oc2c(N3CCN(Cc4cccc(-c5ccccc5)c4)CC3)cccc21. The number of benzene rings is 3. The normalized spacial score (nSPS) is 14.4. The standard InChI is InChI=1S/C46H55N3O3/c1-2-3-4-5-6-7-8-9-10-11-12-13-14-15-16-17-18-19-23-32-44(50)49-43-31-25-30-42(45(43)52-46(49)51)48-35-33-47(34-36-48)38-39-26-24-29-41(37-39)40-27-21-20-22-28-40/h3-4,6-7,9-10,12-13,15-16,20-22,24-31,37H,2,5,8,11,14,17-19,23,32-36,38H2,1H3. The second-order valence-corrected chi connectivity index (χ2v) is 13.4. The van der Waals surface area contributed by atoms with E-state index in [9.17, 15) is 9.59 Å². The average molecular weight is 698 g/mol. The van der Waals surface area contributed by atoms with E-state index in [1.54, 1.807) is 0 Å². The maximum atomic E-state index is 13.2. The van der Waals surface area contributed by atoms with Gasteiger partial charge in [-0.15, -0.1) is 0 Å². The van der Waals surface area contributed by atoms with Gasteiger partial charge in [-0.2, -0.15) is 0 Å². The van der Waals surface area contributed by atoms with Gasteiger partial charge in [-0.1, -0.05) is 129 Å². The number of carbonyl (C=O) groups excluding carboxylic acids is 1. The second kappa shape index (κ2) is 21.4. The van der Waals surface area contributed by atoms with Crippen molar-refractivity contribution < 1.29 is 9.21 Å². The summed E-state index contributed by atoms with van der Waals surface area (Å²) in [5, 5.41) is 0. The topological polar surface area (TPSA) is 58.7 Å². The summed E-state index contributed by atoms with van der Waals surface area (Å²) in [5.41, 5.74) is 5.71. The molecular formula is C46H55N3O3. The van der Waals surface area contributed by atoms with Gasteiger partial charge in [-0.3, -0.25) is 9.69 Å². The van der Waals surface area contributed by atoms with E-state index < -0.39 is 5.76 Å². The first kappa shape index (κ1) is 38.3. The first-order valence-electron chi connectivity index (χ1n) is 19.2. The zero-order valence-corrected chi connectivity index (χ0v) is 30.9. The van der Waals surface area contributed by atoms with Gasteiger partial charge in [-0.25, -0.2) is 9.36 Å². The molecule has 0 unspecified atom stereocenters. The summed E-state index contributed by atoms with van der Waals surface area (Å²) < 4.78 is 6.97. The van der Waals surface area contributed by atoms with E-state index >= 15 is 0 Å². The van der Waals surface area contributed by atoms with Crippen LogP contribution in [-0.2, 0) is 6.54 Å². The van der Waals surface area contributed by atoms with Crippen molar-refractivity contribution in [2.45, 2.75) is 77.7 Å². The average Bonchev–Trinajstić information content (AvgIpc) is 3.52. The number of carbonyl (C=O) groups is 1. The van der Waals surface area contributed by atoms with Crippen molar-refractivity contribution in [1.29, 1.82) is 0 Å². The summed E-state index contributed by atoms with van der Waals surface area (Å²) in [7, 11) is 0. The van der Waals surface area contributed by atoms with Crippen LogP contribution in [0.15, 0.2) is 143 Å². The zero-order chi connectivity index (χ0) is 36.2. The smallest absolute Gasteiger partial charge is 0.405 e. The molecule has 1 saturated heterocycles. The Hall–Kier alpha value is -4.94. The molecule has 2 heterocycles. The lowest BCUT2D eigenvalue weighted by molar-refractivity contribution is 0.0895. The first-order chi connectivity index (χ1) is 25.6. The molecule has 0 N–H and O–H groups in total. The minimum Gasteiger partial charge on any atom is -0.405 e. The van der Waals surface area contributed by atoms with Gasteiger partial charge in [0.15, 0.2) is 5.58 Å². The number of nitrogens with zero attached hydrogens (tertiary/aromatic N) is 3. The minimum atomic E-state index is -0.594. The van der Waals surface area contributed by atoms with E-state index in [1.807, 2.05) is 24.3 Å². The fourth-order valence-corrected chi connectivity index (χ4v) is 6.59. The van der Waals surface area contributed by atoms with Crippen LogP contribution >= 0.6 is 0 Å². The Kier molecular flexibility index (Phi) is 15.8. The van der Waals surface area contributed by atoms with E-state index in [-0.39, 0.29) is 5.91 Å². The number of unbranched alkanes of at least 4 members (excludes halogenated alkanes) is 3. The highest BCUT2D eigenvalue weighted by atomic mass is 16.4. The second-order valence-electron chi connectivity index (χ2n) is 13.4. The predicted molar refractivity (Wildman–Crippen MR) is 218 cm³/mol. The number of hydrogen-bond donors (Lipinski definition) is 0. The molecule has 0 atom stereocenters. The molecule has 0 bridgehead atoms. The lowest BCUT2D eigenvalue weighted by atomic mass is 10.0. The third-order valence-electron chi connectivity index (χ3n) is 9.41. The molecule has 1 aliphatic rings. The zero-order valence-electron chi connectivity index (χ0n) is 30.9. The lowest BCUT2D eigenvalue weighted by Gasteiger charge is -2.36. The summed E-state index contributed by atoms with van der Waals surface area (Å²) in [6.45, 7) is 6.48. The molecule has 1 aromatic heterocycles. The lowest BCUT2D eigenvalue weighted by Crippen LogP contribution is -2.46. The maximum Gasteiger partial charge on any atom is 0.426 e. The quantitative estimate of drug-likeness (QED) is 0.0721. The maximum absolute atomic E-state index is 13.2. The molecule has 6 nitrogen and oxygen atoms in total. The molecule has 4 aromatic rings. The molecule has 1 aliphatic heterocycles. The first-order valence-corrected chi connectivity index (χ1v) is 19.2. The number of piperazine rings is 1. The number of oxazole rings is 1. The highest BCUT2D eigenvalue weighted by Gasteiger charge is 2.23. The van der Waals surface area contributed by atoms with Crippen molar-refractivity contribution in [3.05, 3.63) is 150 Å². The van der Waals surface area contributed by atoms with Crippen molar-refractivity contribution >= 4 is 22.7 Å². The molecule has 6 heteroatoms. The largest absolute Gasteiger partial charge is 0.426 e. The van der Waals surface area contributed by atoms with Crippen molar-refractivity contribution in [2.75, 3.05) is 31.1 Å². The van der Waals surface area contributed by atoms with E-state index in [0.29, 0.717) is 17.5 Å². The number of fused-ring (bicyclic) bond motifs is 1. The Morgan fingerprint density at radius 1 is 0.673 bits per heavy atom. The van der Waals surface area contributed by atoms with E-state index in [0.717, 1.165) is 96.2 Å². The fourth-order valence-electron chi connectivity index (χ4n) is 6.59.